The molecular formula is C25H25N3O3. The number of nitrogens with one attached hydrogen (secondary N) is 2. The largest absolute Gasteiger partial charge is 0.497 e. The SMILES string of the molecule is COc1ccc(NC(=O)N[C@@H](Cc2ccccc2)C(=O)N2CCc3ccccc32)cc1. The van der Waals surface area contributed by atoms with Crippen LogP contribution in [0.2, 0.25) is 0 Å². The first-order valence-electron chi connectivity index (χ1n) is 10.3. The highest BCUT2D eigenvalue weighted by Crippen LogP contribution is 2.28. The lowest BCUT2D eigenvalue weighted by Crippen LogP contribution is -2.50. The van der Waals surface area contributed by atoms with Crippen molar-refractivity contribution in [3.8, 4) is 5.75 Å². The molecule has 6 nitrogen and oxygen atoms in total. The van der Waals surface area contributed by atoms with Gasteiger partial charge in [0, 0.05) is 24.3 Å². The molecule has 0 radical (unpaired) electrons. The third-order valence-electron chi connectivity index (χ3n) is 5.39. The van der Waals surface area contributed by atoms with Gasteiger partial charge in [-0.05, 0) is 47.9 Å². The van der Waals surface area contributed by atoms with Crippen molar-refractivity contribution < 1.29 is 14.3 Å². The van der Waals surface area contributed by atoms with Crippen LogP contribution in [0, 0.1) is 0 Å². The molecule has 158 valence electrons. The Morgan fingerprint density at radius 3 is 2.42 bits per heavy atom. The molecule has 0 unspecified atom stereocenters. The molecule has 1 aliphatic rings. The topological polar surface area (TPSA) is 70.7 Å². The number of carbonyl (C=O) groups is 2. The van der Waals surface area contributed by atoms with Crippen LogP contribution in [0.3, 0.4) is 0 Å². The number of carbonyl (C=O) groups excluding carboxylic acids is 2. The quantitative estimate of drug-likeness (QED) is 0.639. The van der Waals surface area contributed by atoms with Gasteiger partial charge in [-0.3, -0.25) is 4.79 Å². The van der Waals surface area contributed by atoms with Crippen LogP contribution < -0.4 is 20.3 Å². The summed E-state index contributed by atoms with van der Waals surface area (Å²) < 4.78 is 5.14. The lowest BCUT2D eigenvalue weighted by Gasteiger charge is -2.25. The lowest BCUT2D eigenvalue weighted by atomic mass is 10.0. The lowest BCUT2D eigenvalue weighted by molar-refractivity contribution is -0.120. The predicted octanol–water partition coefficient (Wildman–Crippen LogP) is 4.02. The zero-order valence-electron chi connectivity index (χ0n) is 17.4. The molecule has 0 fully saturated rings. The first-order chi connectivity index (χ1) is 15.1. The maximum Gasteiger partial charge on any atom is 0.319 e. The first kappa shape index (κ1) is 20.5. The molecule has 1 atom stereocenters. The van der Waals surface area contributed by atoms with Gasteiger partial charge in [0.1, 0.15) is 11.8 Å². The molecule has 3 aromatic carbocycles. The Labute approximate surface area is 181 Å². The van der Waals surface area contributed by atoms with E-state index in [9.17, 15) is 9.59 Å². The van der Waals surface area contributed by atoms with Gasteiger partial charge in [0.2, 0.25) is 5.91 Å². The van der Waals surface area contributed by atoms with Gasteiger partial charge in [-0.1, -0.05) is 48.5 Å². The number of para-hydroxylation sites is 1. The normalized spacial score (nSPS) is 13.3. The molecule has 0 saturated heterocycles. The van der Waals surface area contributed by atoms with Crippen LogP contribution in [0.4, 0.5) is 16.2 Å². The number of hydrogen-bond donors (Lipinski definition) is 2. The summed E-state index contributed by atoms with van der Waals surface area (Å²) in [7, 11) is 1.59. The molecule has 2 N–H and O–H groups in total. The van der Waals surface area contributed by atoms with Gasteiger partial charge >= 0.3 is 6.03 Å². The van der Waals surface area contributed by atoms with E-state index >= 15 is 0 Å². The zero-order chi connectivity index (χ0) is 21.6. The van der Waals surface area contributed by atoms with Crippen molar-refractivity contribution in [2.75, 3.05) is 23.9 Å². The highest BCUT2D eigenvalue weighted by molar-refractivity contribution is 6.02. The molecule has 0 aliphatic carbocycles. The number of benzene rings is 3. The van der Waals surface area contributed by atoms with E-state index in [2.05, 4.69) is 10.6 Å². The van der Waals surface area contributed by atoms with Crippen molar-refractivity contribution in [3.63, 3.8) is 0 Å². The second kappa shape index (κ2) is 9.34. The van der Waals surface area contributed by atoms with Gasteiger partial charge in [-0.25, -0.2) is 4.79 Å². The van der Waals surface area contributed by atoms with Crippen molar-refractivity contribution in [1.82, 2.24) is 5.32 Å². The number of rotatable bonds is 6. The molecular weight excluding hydrogens is 390 g/mol. The minimum Gasteiger partial charge on any atom is -0.497 e. The van der Waals surface area contributed by atoms with E-state index in [-0.39, 0.29) is 5.91 Å². The van der Waals surface area contributed by atoms with Crippen LogP contribution >= 0.6 is 0 Å². The van der Waals surface area contributed by atoms with Gasteiger partial charge in [-0.15, -0.1) is 0 Å². The molecule has 31 heavy (non-hydrogen) atoms. The molecule has 4 rings (SSSR count). The van der Waals surface area contributed by atoms with Crippen LogP contribution in [0.25, 0.3) is 0 Å². The Balaban J connectivity index is 1.51. The van der Waals surface area contributed by atoms with E-state index < -0.39 is 12.1 Å². The van der Waals surface area contributed by atoms with Crippen molar-refractivity contribution in [2.45, 2.75) is 18.9 Å². The third-order valence-corrected chi connectivity index (χ3v) is 5.39. The molecule has 0 saturated carbocycles. The summed E-state index contributed by atoms with van der Waals surface area (Å²) in [4.78, 5) is 27.9. The number of nitrogens with zero attached hydrogens (tertiary/aromatic N) is 1. The number of amides is 3. The van der Waals surface area contributed by atoms with Crippen LogP contribution in [-0.4, -0.2) is 31.6 Å². The summed E-state index contributed by atoms with van der Waals surface area (Å²) in [5.74, 6) is 0.592. The molecule has 0 bridgehead atoms. The predicted molar refractivity (Wildman–Crippen MR) is 122 cm³/mol. The number of fused-ring (bicyclic) bond motifs is 1. The van der Waals surface area contributed by atoms with Crippen LogP contribution in [0.5, 0.6) is 5.75 Å². The molecule has 3 aromatic rings. The smallest absolute Gasteiger partial charge is 0.319 e. The summed E-state index contributed by atoms with van der Waals surface area (Å²) in [6, 6.07) is 23.5. The maximum absolute atomic E-state index is 13.5. The maximum atomic E-state index is 13.5. The highest BCUT2D eigenvalue weighted by Gasteiger charge is 2.31. The Bertz CT molecular complexity index is 1050. The summed E-state index contributed by atoms with van der Waals surface area (Å²) in [6.45, 7) is 0.616. The molecule has 0 spiro atoms. The minimum atomic E-state index is -0.688. The fraction of sp³-hybridized carbons (Fsp3) is 0.200. The number of anilines is 2. The summed E-state index contributed by atoms with van der Waals surface area (Å²) in [5.41, 5.74) is 3.67. The highest BCUT2D eigenvalue weighted by atomic mass is 16.5. The monoisotopic (exact) mass is 415 g/mol. The third kappa shape index (κ3) is 4.86. The molecule has 6 heteroatoms. The number of methoxy groups -OCH3 is 1. The number of hydrogen-bond acceptors (Lipinski definition) is 3. The average molecular weight is 415 g/mol. The van der Waals surface area contributed by atoms with Gasteiger partial charge in [0.25, 0.3) is 0 Å². The van der Waals surface area contributed by atoms with E-state index in [4.69, 9.17) is 4.74 Å². The van der Waals surface area contributed by atoms with Crippen LogP contribution in [-0.2, 0) is 17.6 Å². The van der Waals surface area contributed by atoms with Gasteiger partial charge in [-0.2, -0.15) is 0 Å². The summed E-state index contributed by atoms with van der Waals surface area (Å²) in [6.07, 6.45) is 1.23. The van der Waals surface area contributed by atoms with E-state index in [0.29, 0.717) is 24.4 Å². The standard InChI is InChI=1S/C25H25N3O3/c1-31-21-13-11-20(12-14-21)26-25(30)27-22(17-18-7-3-2-4-8-18)24(29)28-16-15-19-9-5-6-10-23(19)28/h2-14,22H,15-17H2,1H3,(H2,26,27,30)/t22-/m0/s1. The fourth-order valence-electron chi connectivity index (χ4n) is 3.80. The van der Waals surface area contributed by atoms with Gasteiger partial charge < -0.3 is 20.3 Å². The van der Waals surface area contributed by atoms with E-state index in [1.165, 1.54) is 0 Å². The van der Waals surface area contributed by atoms with Crippen LogP contribution in [0.15, 0.2) is 78.9 Å². The number of urea groups is 1. The molecule has 1 heterocycles. The number of ether oxygens (including phenoxy) is 1. The second-order valence-corrected chi connectivity index (χ2v) is 7.44. The van der Waals surface area contributed by atoms with Gasteiger partial charge in [0.15, 0.2) is 0 Å². The fourth-order valence-corrected chi connectivity index (χ4v) is 3.80. The first-order valence-corrected chi connectivity index (χ1v) is 10.3. The van der Waals surface area contributed by atoms with Crippen LogP contribution in [0.1, 0.15) is 11.1 Å². The van der Waals surface area contributed by atoms with E-state index in [1.54, 1.807) is 36.3 Å². The van der Waals surface area contributed by atoms with E-state index in [0.717, 1.165) is 23.2 Å². The second-order valence-electron chi connectivity index (χ2n) is 7.44. The molecule has 0 aromatic heterocycles. The zero-order valence-corrected chi connectivity index (χ0v) is 17.4. The Morgan fingerprint density at radius 2 is 1.68 bits per heavy atom. The Hall–Kier alpha value is -3.80. The Morgan fingerprint density at radius 1 is 0.968 bits per heavy atom. The average Bonchev–Trinajstić information content (AvgIpc) is 3.23. The van der Waals surface area contributed by atoms with Crippen molar-refractivity contribution in [3.05, 3.63) is 90.0 Å². The molecule has 3 amide bonds. The minimum absolute atomic E-state index is 0.112. The molecule has 1 aliphatic heterocycles. The summed E-state index contributed by atoms with van der Waals surface area (Å²) >= 11 is 0. The van der Waals surface area contributed by atoms with Gasteiger partial charge in [0.05, 0.1) is 7.11 Å². The van der Waals surface area contributed by atoms with Crippen molar-refractivity contribution in [1.29, 1.82) is 0 Å². The summed E-state index contributed by atoms with van der Waals surface area (Å²) in [5, 5.41) is 5.68. The van der Waals surface area contributed by atoms with Crippen molar-refractivity contribution in [2.24, 2.45) is 0 Å². The Kier molecular flexibility index (Phi) is 6.17. The van der Waals surface area contributed by atoms with E-state index in [1.807, 2.05) is 54.6 Å². The van der Waals surface area contributed by atoms with Crippen molar-refractivity contribution >= 4 is 23.3 Å².